The van der Waals surface area contributed by atoms with E-state index < -0.39 is 17.7 Å². The molecule has 1 amide bonds. The Morgan fingerprint density at radius 2 is 1.70 bits per heavy atom. The average Bonchev–Trinajstić information content (AvgIpc) is 3.74. The SMILES string of the molecule is CO[C@@](C(=O)N1CCC2(CCNCC2c2ccccc2OCC2CC2)CC1)(c1ccccc1)C(F)(F)F. The normalized spacial score (nSPS) is 23.5. The second-order valence-corrected chi connectivity index (χ2v) is 10.7. The van der Waals surface area contributed by atoms with Gasteiger partial charge in [-0.05, 0) is 61.6 Å². The molecule has 2 saturated heterocycles. The van der Waals surface area contributed by atoms with Crippen molar-refractivity contribution in [3.8, 4) is 5.75 Å². The minimum absolute atomic E-state index is 0.109. The van der Waals surface area contributed by atoms with Gasteiger partial charge in [-0.2, -0.15) is 13.2 Å². The zero-order chi connectivity index (χ0) is 26.1. The van der Waals surface area contributed by atoms with Gasteiger partial charge in [0.25, 0.3) is 11.5 Å². The molecule has 1 spiro atoms. The van der Waals surface area contributed by atoms with Gasteiger partial charge in [0.2, 0.25) is 0 Å². The third-order valence-electron chi connectivity index (χ3n) is 8.59. The number of para-hydroxylation sites is 1. The van der Waals surface area contributed by atoms with E-state index >= 15 is 0 Å². The molecule has 0 aromatic heterocycles. The van der Waals surface area contributed by atoms with Crippen LogP contribution in [0, 0.1) is 11.3 Å². The van der Waals surface area contributed by atoms with E-state index in [2.05, 4.69) is 11.4 Å². The van der Waals surface area contributed by atoms with Gasteiger partial charge in [-0.25, -0.2) is 0 Å². The predicted octanol–water partition coefficient (Wildman–Crippen LogP) is 5.27. The van der Waals surface area contributed by atoms with Crippen molar-refractivity contribution in [1.82, 2.24) is 10.2 Å². The maximum Gasteiger partial charge on any atom is 0.430 e. The monoisotopic (exact) mass is 516 g/mol. The fraction of sp³-hybridized carbons (Fsp3) is 0.552. The van der Waals surface area contributed by atoms with Crippen LogP contribution in [0.5, 0.6) is 5.75 Å². The largest absolute Gasteiger partial charge is 0.493 e. The number of halogens is 3. The van der Waals surface area contributed by atoms with Crippen molar-refractivity contribution in [3.05, 3.63) is 65.7 Å². The van der Waals surface area contributed by atoms with Crippen molar-refractivity contribution in [1.29, 1.82) is 0 Å². The first-order valence-electron chi connectivity index (χ1n) is 13.2. The van der Waals surface area contributed by atoms with E-state index in [1.165, 1.54) is 42.0 Å². The molecule has 5 nitrogen and oxygen atoms in total. The molecule has 2 heterocycles. The molecule has 0 radical (unpaired) electrons. The number of nitrogens with one attached hydrogen (secondary N) is 1. The highest BCUT2D eigenvalue weighted by atomic mass is 19.4. The van der Waals surface area contributed by atoms with Crippen molar-refractivity contribution >= 4 is 5.91 Å². The molecule has 1 N–H and O–H groups in total. The molecule has 0 bridgehead atoms. The number of nitrogens with zero attached hydrogens (tertiary/aromatic N) is 1. The van der Waals surface area contributed by atoms with Crippen molar-refractivity contribution in [2.24, 2.45) is 11.3 Å². The zero-order valence-corrected chi connectivity index (χ0v) is 21.2. The fourth-order valence-electron chi connectivity index (χ4n) is 6.18. The van der Waals surface area contributed by atoms with E-state index in [0.717, 1.165) is 44.5 Å². The van der Waals surface area contributed by atoms with Crippen LogP contribution in [0.15, 0.2) is 54.6 Å². The Hall–Kier alpha value is -2.58. The third-order valence-corrected chi connectivity index (χ3v) is 8.59. The Kier molecular flexibility index (Phi) is 7.24. The quantitative estimate of drug-likeness (QED) is 0.545. The van der Waals surface area contributed by atoms with E-state index in [4.69, 9.17) is 9.47 Å². The first-order chi connectivity index (χ1) is 17.8. The van der Waals surface area contributed by atoms with E-state index in [1.807, 2.05) is 18.2 Å². The number of benzene rings is 2. The number of hydrogen-bond donors (Lipinski definition) is 1. The molecule has 1 saturated carbocycles. The van der Waals surface area contributed by atoms with Gasteiger partial charge in [0, 0.05) is 38.2 Å². The summed E-state index contributed by atoms with van der Waals surface area (Å²) in [5, 5.41) is 3.51. The molecule has 2 atom stereocenters. The molecular weight excluding hydrogens is 481 g/mol. The number of amides is 1. The summed E-state index contributed by atoms with van der Waals surface area (Å²) in [6, 6.07) is 15.4. The highest BCUT2D eigenvalue weighted by Gasteiger charge is 2.64. The van der Waals surface area contributed by atoms with Crippen molar-refractivity contribution in [2.75, 3.05) is 39.9 Å². The number of carbonyl (C=O) groups excluding carboxylic acids is 1. The van der Waals surface area contributed by atoms with Crippen molar-refractivity contribution in [3.63, 3.8) is 0 Å². The van der Waals surface area contributed by atoms with Gasteiger partial charge < -0.3 is 19.7 Å². The number of alkyl halides is 3. The standard InChI is InChI=1S/C29H35F3N2O3/c1-36-28(29(30,31)32,22-7-3-2-4-8-22)26(35)34-17-14-27(15-18-34)13-16-33-19-24(27)23-9-5-6-10-25(23)37-20-21-11-12-21/h2-10,21,24,33H,11-20H2,1H3/t24?,28-/m1/s1. The molecule has 2 aromatic carbocycles. The van der Waals surface area contributed by atoms with Gasteiger partial charge in [-0.15, -0.1) is 0 Å². The molecule has 1 unspecified atom stereocenters. The third kappa shape index (κ3) is 4.86. The van der Waals surface area contributed by atoms with Crippen LogP contribution in [0.4, 0.5) is 13.2 Å². The molecule has 8 heteroatoms. The Balaban J connectivity index is 1.38. The lowest BCUT2D eigenvalue weighted by atomic mass is 9.62. The number of rotatable bonds is 7. The number of carbonyl (C=O) groups is 1. The molecule has 200 valence electrons. The average molecular weight is 517 g/mol. The highest BCUT2D eigenvalue weighted by Crippen LogP contribution is 2.51. The highest BCUT2D eigenvalue weighted by molar-refractivity contribution is 5.88. The maximum atomic E-state index is 14.5. The Morgan fingerprint density at radius 3 is 2.35 bits per heavy atom. The summed E-state index contributed by atoms with van der Waals surface area (Å²) >= 11 is 0. The summed E-state index contributed by atoms with van der Waals surface area (Å²) < 4.78 is 54.7. The van der Waals surface area contributed by atoms with Gasteiger partial charge in [0.15, 0.2) is 0 Å². The molecule has 1 aliphatic carbocycles. The molecule has 5 rings (SSSR count). The number of ether oxygens (including phenoxy) is 2. The van der Waals surface area contributed by atoms with Crippen molar-refractivity contribution in [2.45, 2.75) is 49.8 Å². The molecule has 37 heavy (non-hydrogen) atoms. The Bertz CT molecular complexity index is 1080. The lowest BCUT2D eigenvalue weighted by Gasteiger charge is -2.51. The van der Waals surface area contributed by atoms with Gasteiger partial charge in [-0.1, -0.05) is 48.5 Å². The van der Waals surface area contributed by atoms with Gasteiger partial charge in [0.1, 0.15) is 5.75 Å². The first-order valence-corrected chi connectivity index (χ1v) is 13.2. The lowest BCUT2D eigenvalue weighted by molar-refractivity contribution is -0.271. The Morgan fingerprint density at radius 1 is 1.03 bits per heavy atom. The summed E-state index contributed by atoms with van der Waals surface area (Å²) in [6.07, 6.45) is -0.299. The zero-order valence-electron chi connectivity index (χ0n) is 21.2. The van der Waals surface area contributed by atoms with Gasteiger partial charge in [-0.3, -0.25) is 4.79 Å². The second kappa shape index (κ2) is 10.3. The van der Waals surface area contributed by atoms with E-state index in [9.17, 15) is 18.0 Å². The minimum atomic E-state index is -4.90. The number of piperidine rings is 2. The number of likely N-dealkylation sites (tertiary alicyclic amines) is 1. The van der Waals surface area contributed by atoms with E-state index in [0.29, 0.717) is 18.8 Å². The van der Waals surface area contributed by atoms with E-state index in [1.54, 1.807) is 6.07 Å². The van der Waals surface area contributed by atoms with Gasteiger partial charge in [0.05, 0.1) is 6.61 Å². The maximum absolute atomic E-state index is 14.5. The van der Waals surface area contributed by atoms with Crippen LogP contribution in [0.25, 0.3) is 0 Å². The van der Waals surface area contributed by atoms with Crippen LogP contribution in [0.1, 0.15) is 49.1 Å². The fourth-order valence-corrected chi connectivity index (χ4v) is 6.18. The number of methoxy groups -OCH3 is 1. The minimum Gasteiger partial charge on any atom is -0.493 e. The second-order valence-electron chi connectivity index (χ2n) is 10.7. The lowest BCUT2D eigenvalue weighted by Crippen LogP contribution is -2.59. The summed E-state index contributed by atoms with van der Waals surface area (Å²) in [4.78, 5) is 14.9. The molecule has 2 aromatic rings. The molecular formula is C29H35F3N2O3. The van der Waals surface area contributed by atoms with Crippen LogP contribution in [0.2, 0.25) is 0 Å². The molecule has 3 aliphatic rings. The summed E-state index contributed by atoms with van der Waals surface area (Å²) in [6.45, 7) is 2.88. The first kappa shape index (κ1) is 26.0. The summed E-state index contributed by atoms with van der Waals surface area (Å²) in [7, 11) is 0.964. The van der Waals surface area contributed by atoms with Crippen LogP contribution >= 0.6 is 0 Å². The van der Waals surface area contributed by atoms with Crippen molar-refractivity contribution < 1.29 is 27.4 Å². The van der Waals surface area contributed by atoms with Crippen LogP contribution in [-0.2, 0) is 15.1 Å². The molecule has 2 aliphatic heterocycles. The summed E-state index contributed by atoms with van der Waals surface area (Å²) in [5.74, 6) is 0.667. The number of hydrogen-bond acceptors (Lipinski definition) is 4. The van der Waals surface area contributed by atoms with Crippen LogP contribution < -0.4 is 10.1 Å². The predicted molar refractivity (Wildman–Crippen MR) is 134 cm³/mol. The molecule has 3 fully saturated rings. The van der Waals surface area contributed by atoms with Crippen LogP contribution in [-0.4, -0.2) is 56.9 Å². The Labute approximate surface area is 216 Å². The summed E-state index contributed by atoms with van der Waals surface area (Å²) in [5.41, 5.74) is -2.17. The topological polar surface area (TPSA) is 50.8 Å². The van der Waals surface area contributed by atoms with E-state index in [-0.39, 0.29) is 30.0 Å². The van der Waals surface area contributed by atoms with Crippen LogP contribution in [0.3, 0.4) is 0 Å². The van der Waals surface area contributed by atoms with Gasteiger partial charge >= 0.3 is 6.18 Å². The smallest absolute Gasteiger partial charge is 0.430 e.